The molecule has 3 aromatic rings. The lowest BCUT2D eigenvalue weighted by atomic mass is 10.1. The van der Waals surface area contributed by atoms with Gasteiger partial charge in [0, 0.05) is 11.6 Å². The number of carbonyl (C=O) groups excluding carboxylic acids is 3. The molecule has 34 heavy (non-hydrogen) atoms. The van der Waals surface area contributed by atoms with Crippen LogP contribution in [0.5, 0.6) is 11.5 Å². The molecule has 0 fully saturated rings. The normalized spacial score (nSPS) is 10.6. The van der Waals surface area contributed by atoms with Crippen molar-refractivity contribution in [3.8, 4) is 11.5 Å². The highest BCUT2D eigenvalue weighted by molar-refractivity contribution is 5.92. The molecule has 0 saturated carbocycles. The van der Waals surface area contributed by atoms with Crippen LogP contribution in [-0.2, 0) is 25.7 Å². The summed E-state index contributed by atoms with van der Waals surface area (Å²) in [5.74, 6) is -0.187. The second-order valence-corrected chi connectivity index (χ2v) is 7.48. The Balaban J connectivity index is 1.56. The smallest absolute Gasteiger partial charge is 0.336 e. The Bertz CT molecular complexity index is 1270. The van der Waals surface area contributed by atoms with Gasteiger partial charge in [-0.1, -0.05) is 43.5 Å². The van der Waals surface area contributed by atoms with E-state index in [4.69, 9.17) is 14.2 Å². The first-order chi connectivity index (χ1) is 16.3. The van der Waals surface area contributed by atoms with Gasteiger partial charge < -0.3 is 14.2 Å². The SMILES string of the molecule is C=CC(=O)COc1ccc2cc(/C=C/C(=O)Oc3ccc(COC(=O)C(=C)C)cc3)ccc2c1. The second-order valence-electron chi connectivity index (χ2n) is 7.48. The topological polar surface area (TPSA) is 78.9 Å². The van der Waals surface area contributed by atoms with Gasteiger partial charge in [-0.3, -0.25) is 4.79 Å². The average molecular weight is 456 g/mol. The monoisotopic (exact) mass is 456 g/mol. The molecule has 0 spiro atoms. The van der Waals surface area contributed by atoms with Crippen LogP contribution in [0.2, 0.25) is 0 Å². The van der Waals surface area contributed by atoms with Crippen LogP contribution in [0.15, 0.2) is 91.5 Å². The van der Waals surface area contributed by atoms with Crippen LogP contribution in [0, 0.1) is 0 Å². The molecule has 0 radical (unpaired) electrons. The molecule has 3 aromatic carbocycles. The van der Waals surface area contributed by atoms with E-state index in [0.717, 1.165) is 21.9 Å². The van der Waals surface area contributed by atoms with E-state index in [1.807, 2.05) is 30.3 Å². The molecule has 0 bridgehead atoms. The Hall–Kier alpha value is -4.45. The first-order valence-electron chi connectivity index (χ1n) is 10.5. The first-order valence-corrected chi connectivity index (χ1v) is 10.5. The lowest BCUT2D eigenvalue weighted by Gasteiger charge is -2.06. The van der Waals surface area contributed by atoms with Crippen LogP contribution in [0.3, 0.4) is 0 Å². The van der Waals surface area contributed by atoms with Crippen molar-refractivity contribution < 1.29 is 28.6 Å². The first kappa shape index (κ1) is 24.2. The molecule has 0 saturated heterocycles. The zero-order valence-electron chi connectivity index (χ0n) is 18.8. The van der Waals surface area contributed by atoms with Crippen LogP contribution in [-0.4, -0.2) is 24.3 Å². The fourth-order valence-electron chi connectivity index (χ4n) is 2.89. The maximum atomic E-state index is 12.2. The Morgan fingerprint density at radius 2 is 1.59 bits per heavy atom. The van der Waals surface area contributed by atoms with E-state index >= 15 is 0 Å². The van der Waals surface area contributed by atoms with E-state index in [9.17, 15) is 14.4 Å². The molecule has 0 amide bonds. The summed E-state index contributed by atoms with van der Waals surface area (Å²) in [6, 6.07) is 17.9. The maximum Gasteiger partial charge on any atom is 0.336 e. The van der Waals surface area contributed by atoms with Crippen molar-refractivity contribution in [2.24, 2.45) is 0 Å². The summed E-state index contributed by atoms with van der Waals surface area (Å²) in [6.07, 6.45) is 4.24. The molecular formula is C28H24O6. The van der Waals surface area contributed by atoms with Crippen molar-refractivity contribution in [3.05, 3.63) is 103 Å². The zero-order valence-corrected chi connectivity index (χ0v) is 18.8. The standard InChI is InChI=1S/C28H24O6/c1-4-24(29)18-32-26-13-10-22-15-20(5-9-23(22)16-26)8-14-27(30)34-25-11-6-21(7-12-25)17-33-28(31)19(2)3/h4-16H,1-2,17-18H2,3H3/b14-8+. The number of esters is 2. The van der Waals surface area contributed by atoms with Crippen molar-refractivity contribution in [1.29, 1.82) is 0 Å². The number of hydrogen-bond acceptors (Lipinski definition) is 6. The number of benzene rings is 3. The Labute approximate surface area is 197 Å². The summed E-state index contributed by atoms with van der Waals surface area (Å²) in [4.78, 5) is 34.9. The second kappa shape index (κ2) is 11.4. The number of rotatable bonds is 10. The quantitative estimate of drug-likeness (QED) is 0.237. The third-order valence-electron chi connectivity index (χ3n) is 4.72. The van der Waals surface area contributed by atoms with Gasteiger partial charge in [0.05, 0.1) is 0 Å². The third-order valence-corrected chi connectivity index (χ3v) is 4.72. The van der Waals surface area contributed by atoms with E-state index in [2.05, 4.69) is 13.2 Å². The van der Waals surface area contributed by atoms with E-state index in [-0.39, 0.29) is 19.0 Å². The molecule has 172 valence electrons. The van der Waals surface area contributed by atoms with Gasteiger partial charge in [-0.2, -0.15) is 0 Å². The summed E-state index contributed by atoms with van der Waals surface area (Å²) in [5.41, 5.74) is 1.93. The Morgan fingerprint density at radius 3 is 2.29 bits per heavy atom. The van der Waals surface area contributed by atoms with Gasteiger partial charge in [0.1, 0.15) is 18.1 Å². The zero-order chi connectivity index (χ0) is 24.5. The molecule has 0 unspecified atom stereocenters. The highest BCUT2D eigenvalue weighted by Gasteiger charge is 2.06. The summed E-state index contributed by atoms with van der Waals surface area (Å²) in [7, 11) is 0. The summed E-state index contributed by atoms with van der Waals surface area (Å²) in [5, 5.41) is 1.90. The van der Waals surface area contributed by atoms with Crippen LogP contribution in [0.25, 0.3) is 16.8 Å². The molecule has 6 heteroatoms. The fraction of sp³-hybridized carbons (Fsp3) is 0.107. The van der Waals surface area contributed by atoms with Crippen molar-refractivity contribution in [3.63, 3.8) is 0 Å². The van der Waals surface area contributed by atoms with Crippen LogP contribution < -0.4 is 9.47 Å². The Morgan fingerprint density at radius 1 is 0.912 bits per heavy atom. The van der Waals surface area contributed by atoms with E-state index < -0.39 is 11.9 Å². The highest BCUT2D eigenvalue weighted by atomic mass is 16.5. The van der Waals surface area contributed by atoms with Gasteiger partial charge in [-0.25, -0.2) is 9.59 Å². The van der Waals surface area contributed by atoms with Gasteiger partial charge in [0.2, 0.25) is 0 Å². The number of hydrogen-bond donors (Lipinski definition) is 0. The minimum atomic E-state index is -0.516. The molecule has 0 N–H and O–H groups in total. The fourth-order valence-corrected chi connectivity index (χ4v) is 2.89. The van der Waals surface area contributed by atoms with Crippen LogP contribution >= 0.6 is 0 Å². The molecule has 3 rings (SSSR count). The lowest BCUT2D eigenvalue weighted by molar-refractivity contribution is -0.140. The van der Waals surface area contributed by atoms with Gasteiger partial charge in [-0.15, -0.1) is 0 Å². The van der Waals surface area contributed by atoms with E-state index in [1.165, 1.54) is 12.2 Å². The number of carbonyl (C=O) groups is 3. The van der Waals surface area contributed by atoms with Gasteiger partial charge in [0.15, 0.2) is 12.4 Å². The molecule has 0 aromatic heterocycles. The number of ether oxygens (including phenoxy) is 3. The maximum absolute atomic E-state index is 12.2. The predicted molar refractivity (Wildman–Crippen MR) is 130 cm³/mol. The van der Waals surface area contributed by atoms with E-state index in [1.54, 1.807) is 43.3 Å². The largest absolute Gasteiger partial charge is 0.485 e. The van der Waals surface area contributed by atoms with Crippen molar-refractivity contribution in [1.82, 2.24) is 0 Å². The third kappa shape index (κ3) is 7.03. The summed E-state index contributed by atoms with van der Waals surface area (Å²) >= 11 is 0. The minimum Gasteiger partial charge on any atom is -0.485 e. The van der Waals surface area contributed by atoms with Gasteiger partial charge in [0.25, 0.3) is 0 Å². The minimum absolute atomic E-state index is 0.0525. The van der Waals surface area contributed by atoms with Crippen LogP contribution in [0.4, 0.5) is 0 Å². The lowest BCUT2D eigenvalue weighted by Crippen LogP contribution is -2.07. The molecule has 0 aliphatic rings. The molecule has 0 heterocycles. The summed E-state index contributed by atoms with van der Waals surface area (Å²) in [6.45, 7) is 8.59. The predicted octanol–water partition coefficient (Wildman–Crippen LogP) is 5.21. The number of fused-ring (bicyclic) bond motifs is 1. The van der Waals surface area contributed by atoms with Gasteiger partial charge >= 0.3 is 11.9 Å². The molecule has 6 nitrogen and oxygen atoms in total. The molecular weight excluding hydrogens is 432 g/mol. The van der Waals surface area contributed by atoms with E-state index in [0.29, 0.717) is 17.1 Å². The van der Waals surface area contributed by atoms with Crippen molar-refractivity contribution in [2.45, 2.75) is 13.5 Å². The average Bonchev–Trinajstić information content (AvgIpc) is 2.85. The van der Waals surface area contributed by atoms with Gasteiger partial charge in [-0.05, 0) is 71.3 Å². The summed E-state index contributed by atoms with van der Waals surface area (Å²) < 4.78 is 15.8. The number of ketones is 1. The molecule has 0 atom stereocenters. The Kier molecular flexibility index (Phi) is 8.13. The molecule has 0 aliphatic carbocycles. The molecule has 0 aliphatic heterocycles. The van der Waals surface area contributed by atoms with Crippen molar-refractivity contribution in [2.75, 3.05) is 6.61 Å². The van der Waals surface area contributed by atoms with Crippen LogP contribution in [0.1, 0.15) is 18.1 Å². The highest BCUT2D eigenvalue weighted by Crippen LogP contribution is 2.23. The van der Waals surface area contributed by atoms with Crippen molar-refractivity contribution >= 4 is 34.6 Å².